The number of rotatable bonds is 3. The molecular formula is C10H14BrClN2O. The average Bonchev–Trinajstić information content (AvgIpc) is 2.70. The van der Waals surface area contributed by atoms with Crippen molar-refractivity contribution >= 4 is 28.3 Å². The molecule has 0 radical (unpaired) electrons. The molecule has 3 nitrogen and oxygen atoms in total. The highest BCUT2D eigenvalue weighted by Crippen LogP contribution is 2.10. The van der Waals surface area contributed by atoms with Crippen molar-refractivity contribution in [2.24, 2.45) is 0 Å². The molecule has 0 aromatic carbocycles. The molecule has 0 bridgehead atoms. The van der Waals surface area contributed by atoms with Crippen LogP contribution in [0.25, 0.3) is 0 Å². The minimum Gasteiger partial charge on any atom is -0.372 e. The van der Waals surface area contributed by atoms with Gasteiger partial charge in [0, 0.05) is 12.7 Å². The number of nitrogens with zero attached hydrogens (tertiary/aromatic N) is 1. The number of pyridine rings is 1. The minimum atomic E-state index is 0. The van der Waals surface area contributed by atoms with Crippen LogP contribution in [0.15, 0.2) is 22.9 Å². The fourth-order valence-electron chi connectivity index (χ4n) is 1.48. The topological polar surface area (TPSA) is 34.1 Å². The molecule has 1 aromatic heterocycles. The maximum absolute atomic E-state index is 5.71. The van der Waals surface area contributed by atoms with Crippen molar-refractivity contribution in [3.8, 4) is 0 Å². The van der Waals surface area contributed by atoms with Crippen LogP contribution < -0.4 is 5.32 Å². The predicted molar refractivity (Wildman–Crippen MR) is 65.2 cm³/mol. The van der Waals surface area contributed by atoms with Crippen molar-refractivity contribution in [2.75, 3.05) is 13.1 Å². The second-order valence-electron chi connectivity index (χ2n) is 3.41. The summed E-state index contributed by atoms with van der Waals surface area (Å²) < 4.78 is 6.58. The van der Waals surface area contributed by atoms with Crippen molar-refractivity contribution in [3.63, 3.8) is 0 Å². The van der Waals surface area contributed by atoms with Crippen LogP contribution in [0.1, 0.15) is 12.0 Å². The lowest BCUT2D eigenvalue weighted by Gasteiger charge is -2.09. The molecule has 0 saturated carbocycles. The first kappa shape index (κ1) is 12.9. The molecule has 1 aliphatic rings. The Morgan fingerprint density at radius 1 is 1.53 bits per heavy atom. The summed E-state index contributed by atoms with van der Waals surface area (Å²) in [6, 6.07) is 3.96. The summed E-state index contributed by atoms with van der Waals surface area (Å²) in [5, 5.41) is 3.27. The van der Waals surface area contributed by atoms with Crippen molar-refractivity contribution in [3.05, 3.63) is 28.5 Å². The van der Waals surface area contributed by atoms with Gasteiger partial charge in [-0.2, -0.15) is 0 Å². The minimum absolute atomic E-state index is 0. The highest BCUT2D eigenvalue weighted by Gasteiger charge is 2.14. The van der Waals surface area contributed by atoms with E-state index >= 15 is 0 Å². The summed E-state index contributed by atoms with van der Waals surface area (Å²) in [6.07, 6.45) is 3.33. The maximum Gasteiger partial charge on any atom is 0.106 e. The van der Waals surface area contributed by atoms with Crippen molar-refractivity contribution in [1.29, 1.82) is 0 Å². The van der Waals surface area contributed by atoms with Gasteiger partial charge in [0.25, 0.3) is 0 Å². The number of hydrogen-bond donors (Lipinski definition) is 1. The zero-order chi connectivity index (χ0) is 9.80. The van der Waals surface area contributed by atoms with Gasteiger partial charge < -0.3 is 10.1 Å². The molecular weight excluding hydrogens is 279 g/mol. The van der Waals surface area contributed by atoms with Gasteiger partial charge in [0.1, 0.15) is 4.60 Å². The first-order chi connectivity index (χ1) is 6.84. The largest absolute Gasteiger partial charge is 0.372 e. The Balaban J connectivity index is 0.00000112. The first-order valence-electron chi connectivity index (χ1n) is 4.77. The van der Waals surface area contributed by atoms with Gasteiger partial charge in [-0.15, -0.1) is 12.4 Å². The van der Waals surface area contributed by atoms with Gasteiger partial charge in [0.2, 0.25) is 0 Å². The number of halogens is 2. The van der Waals surface area contributed by atoms with E-state index < -0.39 is 0 Å². The van der Waals surface area contributed by atoms with Crippen LogP contribution in [-0.4, -0.2) is 24.2 Å². The van der Waals surface area contributed by atoms with Gasteiger partial charge in [0.15, 0.2) is 0 Å². The third-order valence-corrected chi connectivity index (χ3v) is 2.76. The van der Waals surface area contributed by atoms with E-state index in [2.05, 4.69) is 26.2 Å². The normalized spacial score (nSPS) is 19.9. The van der Waals surface area contributed by atoms with Crippen molar-refractivity contribution in [1.82, 2.24) is 10.3 Å². The highest BCUT2D eigenvalue weighted by atomic mass is 79.9. The van der Waals surface area contributed by atoms with Crippen LogP contribution in [0.4, 0.5) is 0 Å². The number of hydrogen-bond acceptors (Lipinski definition) is 3. The fraction of sp³-hybridized carbons (Fsp3) is 0.500. The van der Waals surface area contributed by atoms with Gasteiger partial charge in [-0.3, -0.25) is 0 Å². The SMILES string of the molecule is Brc1ccc(CO[C@H]2CCNC2)cn1.Cl. The van der Waals surface area contributed by atoms with Crippen molar-refractivity contribution < 1.29 is 4.74 Å². The molecule has 2 heterocycles. The Bertz CT molecular complexity index is 288. The Labute approximate surface area is 104 Å². The highest BCUT2D eigenvalue weighted by molar-refractivity contribution is 9.10. The second kappa shape index (κ2) is 6.43. The molecule has 84 valence electrons. The molecule has 1 N–H and O–H groups in total. The van der Waals surface area contributed by atoms with E-state index in [1.807, 2.05) is 18.3 Å². The van der Waals surface area contributed by atoms with Crippen LogP contribution in [0.2, 0.25) is 0 Å². The van der Waals surface area contributed by atoms with Crippen LogP contribution in [0, 0.1) is 0 Å². The molecule has 0 spiro atoms. The van der Waals surface area contributed by atoms with E-state index in [-0.39, 0.29) is 12.4 Å². The smallest absolute Gasteiger partial charge is 0.106 e. The van der Waals surface area contributed by atoms with E-state index in [9.17, 15) is 0 Å². The Kier molecular flexibility index (Phi) is 5.53. The summed E-state index contributed by atoms with van der Waals surface area (Å²) in [7, 11) is 0. The van der Waals surface area contributed by atoms with Gasteiger partial charge in [-0.1, -0.05) is 6.07 Å². The van der Waals surface area contributed by atoms with Gasteiger partial charge >= 0.3 is 0 Å². The Morgan fingerprint density at radius 2 is 2.40 bits per heavy atom. The average molecular weight is 294 g/mol. The first-order valence-corrected chi connectivity index (χ1v) is 5.56. The second-order valence-corrected chi connectivity index (χ2v) is 4.23. The summed E-state index contributed by atoms with van der Waals surface area (Å²) >= 11 is 3.30. The lowest BCUT2D eigenvalue weighted by Crippen LogP contribution is -2.16. The number of aromatic nitrogens is 1. The quantitative estimate of drug-likeness (QED) is 0.867. The monoisotopic (exact) mass is 292 g/mol. The van der Waals surface area contributed by atoms with Gasteiger partial charge in [0.05, 0.1) is 12.7 Å². The molecule has 0 amide bonds. The molecule has 2 rings (SSSR count). The summed E-state index contributed by atoms with van der Waals surface area (Å²) in [5.74, 6) is 0. The van der Waals surface area contributed by atoms with Crippen LogP contribution in [0.5, 0.6) is 0 Å². The molecule has 0 aliphatic carbocycles. The van der Waals surface area contributed by atoms with E-state index in [1.165, 1.54) is 0 Å². The van der Waals surface area contributed by atoms with E-state index in [0.29, 0.717) is 12.7 Å². The molecule has 1 saturated heterocycles. The standard InChI is InChI=1S/C10H13BrN2O.ClH/c11-10-2-1-8(5-13-10)7-14-9-3-4-12-6-9;/h1-2,5,9,12H,3-4,6-7H2;1H/t9-;/m0./s1. The zero-order valence-electron chi connectivity index (χ0n) is 8.28. The Morgan fingerprint density at radius 3 is 3.00 bits per heavy atom. The summed E-state index contributed by atoms with van der Waals surface area (Å²) in [6.45, 7) is 2.71. The third kappa shape index (κ3) is 4.07. The Hall–Kier alpha value is -0.160. The van der Waals surface area contributed by atoms with E-state index in [4.69, 9.17) is 4.74 Å². The van der Waals surface area contributed by atoms with E-state index in [0.717, 1.165) is 29.7 Å². The van der Waals surface area contributed by atoms with Crippen LogP contribution >= 0.6 is 28.3 Å². The number of nitrogens with one attached hydrogen (secondary N) is 1. The predicted octanol–water partition coefficient (Wildman–Crippen LogP) is 2.14. The molecule has 1 aliphatic heterocycles. The molecule has 1 fully saturated rings. The van der Waals surface area contributed by atoms with Gasteiger partial charge in [-0.05, 0) is 40.5 Å². The third-order valence-electron chi connectivity index (χ3n) is 2.29. The van der Waals surface area contributed by atoms with Crippen LogP contribution in [0.3, 0.4) is 0 Å². The van der Waals surface area contributed by atoms with Gasteiger partial charge in [-0.25, -0.2) is 4.98 Å². The lowest BCUT2D eigenvalue weighted by molar-refractivity contribution is 0.0540. The maximum atomic E-state index is 5.71. The van der Waals surface area contributed by atoms with Crippen molar-refractivity contribution in [2.45, 2.75) is 19.1 Å². The molecule has 1 aromatic rings. The molecule has 0 unspecified atom stereocenters. The molecule has 15 heavy (non-hydrogen) atoms. The molecule has 5 heteroatoms. The summed E-state index contributed by atoms with van der Waals surface area (Å²) in [4.78, 5) is 4.15. The molecule has 1 atom stereocenters. The lowest BCUT2D eigenvalue weighted by atomic mass is 10.3. The number of ether oxygens (including phenoxy) is 1. The van der Waals surface area contributed by atoms with Crippen LogP contribution in [-0.2, 0) is 11.3 Å². The summed E-state index contributed by atoms with van der Waals surface area (Å²) in [5.41, 5.74) is 1.13. The zero-order valence-corrected chi connectivity index (χ0v) is 10.7. The fourth-order valence-corrected chi connectivity index (χ4v) is 1.71. The van der Waals surface area contributed by atoms with E-state index in [1.54, 1.807) is 0 Å².